The summed E-state index contributed by atoms with van der Waals surface area (Å²) in [5.41, 5.74) is 0. The Bertz CT molecular complexity index is 450. The number of nitrogens with zero attached hydrogens (tertiary/aromatic N) is 1. The average molecular weight is 251 g/mol. The van der Waals surface area contributed by atoms with Gasteiger partial charge in [0.05, 0.1) is 10.3 Å². The van der Waals surface area contributed by atoms with Crippen LogP contribution in [0.5, 0.6) is 0 Å². The molecule has 2 heterocycles. The van der Waals surface area contributed by atoms with E-state index in [2.05, 4.69) is 35.7 Å². The molecule has 0 fully saturated rings. The van der Waals surface area contributed by atoms with E-state index in [9.17, 15) is 0 Å². The molecular weight excluding hydrogens is 242 g/mol. The van der Waals surface area contributed by atoms with Crippen LogP contribution in [0.3, 0.4) is 0 Å². The van der Waals surface area contributed by atoms with Gasteiger partial charge in [0.2, 0.25) is 0 Å². The Morgan fingerprint density at radius 2 is 2.20 bits per heavy atom. The number of rotatable bonds is 4. The van der Waals surface area contributed by atoms with Crippen molar-refractivity contribution in [3.63, 3.8) is 0 Å². The van der Waals surface area contributed by atoms with Gasteiger partial charge in [-0.15, -0.1) is 34.4 Å². The van der Waals surface area contributed by atoms with Crippen LogP contribution in [0.15, 0.2) is 33.9 Å². The van der Waals surface area contributed by atoms with Crippen LogP contribution < -0.4 is 0 Å². The molecule has 0 saturated heterocycles. The molecule has 0 aliphatic heterocycles. The molecular formula is C11H9NS3. The molecule has 0 saturated carbocycles. The Labute approximate surface area is 101 Å². The monoisotopic (exact) mass is 251 g/mol. The highest BCUT2D eigenvalue weighted by atomic mass is 32.2. The van der Waals surface area contributed by atoms with E-state index >= 15 is 0 Å². The van der Waals surface area contributed by atoms with Crippen LogP contribution in [0.2, 0.25) is 0 Å². The second-order valence-corrected chi connectivity index (χ2v) is 6.28. The highest BCUT2D eigenvalue weighted by Crippen LogP contribution is 2.36. The first kappa shape index (κ1) is 10.7. The molecule has 0 unspecified atom stereocenters. The zero-order valence-electron chi connectivity index (χ0n) is 7.97. The summed E-state index contributed by atoms with van der Waals surface area (Å²) in [6.07, 6.45) is 0.622. The van der Waals surface area contributed by atoms with Crippen molar-refractivity contribution in [1.82, 2.24) is 0 Å². The van der Waals surface area contributed by atoms with Gasteiger partial charge >= 0.3 is 0 Å². The predicted molar refractivity (Wildman–Crippen MR) is 68.6 cm³/mol. The summed E-state index contributed by atoms with van der Waals surface area (Å²) in [4.78, 5) is 2.65. The van der Waals surface area contributed by atoms with Gasteiger partial charge < -0.3 is 0 Å². The largest absolute Gasteiger partial charge is 0.198 e. The normalized spacial score (nSPS) is 10.1. The third kappa shape index (κ3) is 2.85. The van der Waals surface area contributed by atoms with Crippen molar-refractivity contribution < 1.29 is 0 Å². The molecule has 0 aliphatic carbocycles. The zero-order chi connectivity index (χ0) is 10.5. The lowest BCUT2D eigenvalue weighted by Gasteiger charge is -1.91. The van der Waals surface area contributed by atoms with Crippen LogP contribution in [0.4, 0.5) is 0 Å². The fraction of sp³-hybridized carbons (Fsp3) is 0.182. The lowest BCUT2D eigenvalue weighted by Crippen LogP contribution is -1.71. The van der Waals surface area contributed by atoms with Gasteiger partial charge in [-0.05, 0) is 23.6 Å². The summed E-state index contributed by atoms with van der Waals surface area (Å²) < 4.78 is 1.30. The van der Waals surface area contributed by atoms with Gasteiger partial charge in [0.1, 0.15) is 0 Å². The van der Waals surface area contributed by atoms with Crippen LogP contribution in [0.25, 0.3) is 9.75 Å². The lowest BCUT2D eigenvalue weighted by atomic mass is 10.4. The molecule has 0 amide bonds. The van der Waals surface area contributed by atoms with Gasteiger partial charge in [-0.1, -0.05) is 6.07 Å². The summed E-state index contributed by atoms with van der Waals surface area (Å²) in [6, 6.07) is 10.7. The van der Waals surface area contributed by atoms with Gasteiger partial charge in [-0.3, -0.25) is 0 Å². The summed E-state index contributed by atoms with van der Waals surface area (Å²) in [5.74, 6) is 0.890. The summed E-state index contributed by atoms with van der Waals surface area (Å²) in [6.45, 7) is 0. The van der Waals surface area contributed by atoms with E-state index in [1.165, 1.54) is 14.0 Å². The predicted octanol–water partition coefficient (Wildman–Crippen LogP) is 4.48. The Balaban J connectivity index is 2.02. The summed E-state index contributed by atoms with van der Waals surface area (Å²) in [7, 11) is 0. The van der Waals surface area contributed by atoms with Crippen LogP contribution in [0, 0.1) is 11.3 Å². The average Bonchev–Trinajstić information content (AvgIpc) is 2.87. The van der Waals surface area contributed by atoms with Crippen molar-refractivity contribution in [3.05, 3.63) is 29.6 Å². The molecule has 0 radical (unpaired) electrons. The van der Waals surface area contributed by atoms with E-state index in [0.29, 0.717) is 6.42 Å². The first-order valence-corrected chi connectivity index (χ1v) is 7.22. The quantitative estimate of drug-likeness (QED) is 0.591. The van der Waals surface area contributed by atoms with Crippen molar-refractivity contribution >= 4 is 34.4 Å². The molecule has 4 heteroatoms. The second kappa shape index (κ2) is 5.36. The number of hydrogen-bond acceptors (Lipinski definition) is 4. The maximum atomic E-state index is 8.44. The maximum Gasteiger partial charge on any atom is 0.0630 e. The van der Waals surface area contributed by atoms with E-state index in [4.69, 9.17) is 5.26 Å². The number of hydrogen-bond donors (Lipinski definition) is 0. The number of thiophene rings is 2. The Kier molecular flexibility index (Phi) is 3.84. The van der Waals surface area contributed by atoms with Gasteiger partial charge in [0.25, 0.3) is 0 Å². The van der Waals surface area contributed by atoms with Gasteiger partial charge in [-0.25, -0.2) is 0 Å². The smallest absolute Gasteiger partial charge is 0.0630 e. The van der Waals surface area contributed by atoms with E-state index < -0.39 is 0 Å². The topological polar surface area (TPSA) is 23.8 Å². The van der Waals surface area contributed by atoms with Crippen LogP contribution in [-0.2, 0) is 0 Å². The van der Waals surface area contributed by atoms with Crippen molar-refractivity contribution in [2.24, 2.45) is 0 Å². The van der Waals surface area contributed by atoms with Gasteiger partial charge in [0.15, 0.2) is 0 Å². The first-order chi connectivity index (χ1) is 7.40. The van der Waals surface area contributed by atoms with E-state index in [1.54, 1.807) is 34.4 Å². The van der Waals surface area contributed by atoms with E-state index in [-0.39, 0.29) is 0 Å². The Morgan fingerprint density at radius 1 is 1.27 bits per heavy atom. The van der Waals surface area contributed by atoms with Crippen molar-refractivity contribution in [2.75, 3.05) is 5.75 Å². The van der Waals surface area contributed by atoms with Crippen LogP contribution in [-0.4, -0.2) is 5.75 Å². The highest BCUT2D eigenvalue weighted by molar-refractivity contribution is 8.01. The van der Waals surface area contributed by atoms with Crippen LogP contribution >= 0.6 is 34.4 Å². The molecule has 2 rings (SSSR count). The number of thioether (sulfide) groups is 1. The molecule has 2 aromatic heterocycles. The zero-order valence-corrected chi connectivity index (χ0v) is 10.4. The van der Waals surface area contributed by atoms with Crippen molar-refractivity contribution in [2.45, 2.75) is 10.6 Å². The molecule has 0 atom stereocenters. The van der Waals surface area contributed by atoms with Gasteiger partial charge in [-0.2, -0.15) is 5.26 Å². The molecule has 0 N–H and O–H groups in total. The molecule has 15 heavy (non-hydrogen) atoms. The molecule has 2 aromatic rings. The first-order valence-electron chi connectivity index (χ1n) is 4.53. The summed E-state index contributed by atoms with van der Waals surface area (Å²) >= 11 is 5.34. The molecule has 0 aromatic carbocycles. The Morgan fingerprint density at radius 3 is 2.93 bits per heavy atom. The molecule has 76 valence electrons. The summed E-state index contributed by atoms with van der Waals surface area (Å²) in [5, 5.41) is 10.5. The minimum atomic E-state index is 0.622. The molecule has 0 aliphatic rings. The standard InChI is InChI=1S/C11H9NS3/c12-6-2-8-14-11-5-4-10(15-11)9-3-1-7-13-9/h1,3-5,7H,2,8H2. The van der Waals surface area contributed by atoms with Crippen LogP contribution in [0.1, 0.15) is 6.42 Å². The van der Waals surface area contributed by atoms with Crippen molar-refractivity contribution in [3.8, 4) is 15.8 Å². The minimum absolute atomic E-state index is 0.622. The third-order valence-electron chi connectivity index (χ3n) is 1.80. The molecule has 1 nitrogen and oxygen atoms in total. The fourth-order valence-electron chi connectivity index (χ4n) is 1.15. The minimum Gasteiger partial charge on any atom is -0.198 e. The molecule has 0 spiro atoms. The number of nitriles is 1. The maximum absolute atomic E-state index is 8.44. The SMILES string of the molecule is N#CCCSc1ccc(-c2cccs2)s1. The van der Waals surface area contributed by atoms with Crippen molar-refractivity contribution in [1.29, 1.82) is 5.26 Å². The van der Waals surface area contributed by atoms with Gasteiger partial charge in [0, 0.05) is 21.9 Å². The highest BCUT2D eigenvalue weighted by Gasteiger charge is 2.03. The van der Waals surface area contributed by atoms with E-state index in [0.717, 1.165) is 5.75 Å². The Hall–Kier alpha value is -0.760. The van der Waals surface area contributed by atoms with E-state index in [1.807, 2.05) is 0 Å². The lowest BCUT2D eigenvalue weighted by molar-refractivity contribution is 1.24. The fourth-order valence-corrected chi connectivity index (χ4v) is 4.03. The second-order valence-electron chi connectivity index (χ2n) is 2.85. The molecule has 0 bridgehead atoms. The third-order valence-corrected chi connectivity index (χ3v) is 5.18.